The molecule has 0 aliphatic heterocycles. The lowest BCUT2D eigenvalue weighted by molar-refractivity contribution is 0.282. The molecule has 0 aromatic heterocycles. The van der Waals surface area contributed by atoms with Crippen LogP contribution in [0, 0.1) is 0 Å². The molecule has 2 aromatic carbocycles. The number of nitrogens with one attached hydrogen (secondary N) is 1. The van der Waals surface area contributed by atoms with Crippen LogP contribution in [0.25, 0.3) is 0 Å². The molecule has 0 radical (unpaired) electrons. The molecule has 2 rings (SSSR count). The Kier molecular flexibility index (Phi) is 4.24. The summed E-state index contributed by atoms with van der Waals surface area (Å²) in [6.07, 6.45) is 0. The van der Waals surface area contributed by atoms with Crippen molar-refractivity contribution in [1.29, 1.82) is 0 Å². The van der Waals surface area contributed by atoms with Gasteiger partial charge in [0.1, 0.15) is 0 Å². The SMILES string of the molecule is CC(Nc1cccc(CO)c1)c1ccccc1Cl. The molecule has 0 saturated heterocycles. The molecule has 1 unspecified atom stereocenters. The van der Waals surface area contributed by atoms with Gasteiger partial charge in [-0.05, 0) is 36.2 Å². The summed E-state index contributed by atoms with van der Waals surface area (Å²) in [6.45, 7) is 2.11. The molecule has 2 nitrogen and oxygen atoms in total. The molecule has 0 spiro atoms. The average Bonchev–Trinajstić information content (AvgIpc) is 2.39. The number of halogens is 1. The van der Waals surface area contributed by atoms with E-state index in [1.54, 1.807) is 0 Å². The van der Waals surface area contributed by atoms with Crippen molar-refractivity contribution >= 4 is 17.3 Å². The van der Waals surface area contributed by atoms with Crippen molar-refractivity contribution in [3.63, 3.8) is 0 Å². The van der Waals surface area contributed by atoms with Gasteiger partial charge < -0.3 is 10.4 Å². The Morgan fingerprint density at radius 2 is 1.94 bits per heavy atom. The molecule has 2 N–H and O–H groups in total. The Labute approximate surface area is 112 Å². The van der Waals surface area contributed by atoms with Gasteiger partial charge in [0.25, 0.3) is 0 Å². The second-order valence-corrected chi connectivity index (χ2v) is 4.65. The standard InChI is InChI=1S/C15H16ClNO/c1-11(14-7-2-3-8-15(14)16)17-13-6-4-5-12(9-13)10-18/h2-9,11,17-18H,10H2,1H3. The van der Waals surface area contributed by atoms with E-state index in [-0.39, 0.29) is 12.6 Å². The van der Waals surface area contributed by atoms with E-state index in [1.807, 2.05) is 48.5 Å². The minimum atomic E-state index is 0.0516. The second-order valence-electron chi connectivity index (χ2n) is 4.25. The number of hydrogen-bond acceptors (Lipinski definition) is 2. The quantitative estimate of drug-likeness (QED) is 0.872. The number of hydrogen-bond donors (Lipinski definition) is 2. The van der Waals surface area contributed by atoms with Crippen LogP contribution in [0.2, 0.25) is 5.02 Å². The summed E-state index contributed by atoms with van der Waals surface area (Å²) in [5.41, 5.74) is 2.94. The van der Waals surface area contributed by atoms with Crippen LogP contribution in [-0.4, -0.2) is 5.11 Å². The van der Waals surface area contributed by atoms with E-state index < -0.39 is 0 Å². The molecule has 0 aliphatic rings. The molecular weight excluding hydrogens is 246 g/mol. The van der Waals surface area contributed by atoms with Crippen LogP contribution < -0.4 is 5.32 Å². The normalized spacial score (nSPS) is 12.2. The van der Waals surface area contributed by atoms with Gasteiger partial charge in [0, 0.05) is 16.8 Å². The molecule has 0 saturated carbocycles. The zero-order chi connectivity index (χ0) is 13.0. The lowest BCUT2D eigenvalue weighted by Crippen LogP contribution is -2.07. The van der Waals surface area contributed by atoms with Crippen molar-refractivity contribution in [3.05, 3.63) is 64.7 Å². The second kappa shape index (κ2) is 5.89. The fourth-order valence-corrected chi connectivity index (χ4v) is 2.21. The Hall–Kier alpha value is -1.51. The summed E-state index contributed by atoms with van der Waals surface area (Å²) >= 11 is 6.16. The molecule has 2 aromatic rings. The van der Waals surface area contributed by atoms with Gasteiger partial charge >= 0.3 is 0 Å². The third kappa shape index (κ3) is 3.03. The molecule has 0 amide bonds. The van der Waals surface area contributed by atoms with Crippen molar-refractivity contribution in [2.75, 3.05) is 5.32 Å². The van der Waals surface area contributed by atoms with Crippen molar-refractivity contribution in [2.45, 2.75) is 19.6 Å². The van der Waals surface area contributed by atoms with E-state index in [1.165, 1.54) is 0 Å². The van der Waals surface area contributed by atoms with Gasteiger partial charge in [-0.15, -0.1) is 0 Å². The van der Waals surface area contributed by atoms with Crippen LogP contribution in [0.4, 0.5) is 5.69 Å². The maximum atomic E-state index is 9.11. The minimum Gasteiger partial charge on any atom is -0.392 e. The molecule has 0 heterocycles. The summed E-state index contributed by atoms with van der Waals surface area (Å²) in [5.74, 6) is 0. The van der Waals surface area contributed by atoms with Gasteiger partial charge in [-0.2, -0.15) is 0 Å². The zero-order valence-corrected chi connectivity index (χ0v) is 11.0. The maximum Gasteiger partial charge on any atom is 0.0682 e. The summed E-state index contributed by atoms with van der Waals surface area (Å²) in [5, 5.41) is 13.2. The Bertz CT molecular complexity index is 527. The fourth-order valence-electron chi connectivity index (χ4n) is 1.91. The zero-order valence-electron chi connectivity index (χ0n) is 10.2. The van der Waals surface area contributed by atoms with Gasteiger partial charge in [0.05, 0.1) is 6.61 Å². The largest absolute Gasteiger partial charge is 0.392 e. The predicted octanol–water partition coefficient (Wildman–Crippen LogP) is 4.01. The van der Waals surface area contributed by atoms with Crippen LogP contribution in [0.1, 0.15) is 24.1 Å². The number of anilines is 1. The first-order valence-electron chi connectivity index (χ1n) is 5.91. The van der Waals surface area contributed by atoms with Gasteiger partial charge in [-0.25, -0.2) is 0 Å². The average molecular weight is 262 g/mol. The lowest BCUT2D eigenvalue weighted by atomic mass is 10.1. The van der Waals surface area contributed by atoms with E-state index in [0.29, 0.717) is 0 Å². The Morgan fingerprint density at radius 3 is 2.67 bits per heavy atom. The van der Waals surface area contributed by atoms with Gasteiger partial charge in [-0.3, -0.25) is 0 Å². The Balaban J connectivity index is 2.16. The minimum absolute atomic E-state index is 0.0516. The van der Waals surface area contributed by atoms with Crippen LogP contribution in [-0.2, 0) is 6.61 Å². The maximum absolute atomic E-state index is 9.11. The van der Waals surface area contributed by atoms with Crippen LogP contribution in [0.3, 0.4) is 0 Å². The third-order valence-corrected chi connectivity index (χ3v) is 3.21. The number of aliphatic hydroxyl groups is 1. The first kappa shape index (κ1) is 12.9. The lowest BCUT2D eigenvalue weighted by Gasteiger charge is -2.17. The predicted molar refractivity (Wildman–Crippen MR) is 75.9 cm³/mol. The molecule has 1 atom stereocenters. The van der Waals surface area contributed by atoms with E-state index in [2.05, 4.69) is 12.2 Å². The molecule has 94 valence electrons. The van der Waals surface area contributed by atoms with E-state index in [9.17, 15) is 0 Å². The van der Waals surface area contributed by atoms with E-state index in [4.69, 9.17) is 16.7 Å². The highest BCUT2D eigenvalue weighted by molar-refractivity contribution is 6.31. The smallest absolute Gasteiger partial charge is 0.0682 e. The molecule has 18 heavy (non-hydrogen) atoms. The molecular formula is C15H16ClNO. The van der Waals surface area contributed by atoms with Gasteiger partial charge in [-0.1, -0.05) is 41.9 Å². The van der Waals surface area contributed by atoms with Crippen LogP contribution in [0.15, 0.2) is 48.5 Å². The monoisotopic (exact) mass is 261 g/mol. The summed E-state index contributed by atoms with van der Waals surface area (Å²) in [7, 11) is 0. The first-order chi connectivity index (χ1) is 8.70. The van der Waals surface area contributed by atoms with Gasteiger partial charge in [0.2, 0.25) is 0 Å². The highest BCUT2D eigenvalue weighted by atomic mass is 35.5. The highest BCUT2D eigenvalue weighted by Crippen LogP contribution is 2.25. The molecule has 0 fully saturated rings. The topological polar surface area (TPSA) is 32.3 Å². The van der Waals surface area contributed by atoms with Crippen LogP contribution in [0.5, 0.6) is 0 Å². The molecule has 0 bridgehead atoms. The van der Waals surface area contributed by atoms with E-state index in [0.717, 1.165) is 21.8 Å². The fraction of sp³-hybridized carbons (Fsp3) is 0.200. The highest BCUT2D eigenvalue weighted by Gasteiger charge is 2.08. The number of aliphatic hydroxyl groups excluding tert-OH is 1. The van der Waals surface area contributed by atoms with Gasteiger partial charge in [0.15, 0.2) is 0 Å². The van der Waals surface area contributed by atoms with Crippen molar-refractivity contribution in [3.8, 4) is 0 Å². The summed E-state index contributed by atoms with van der Waals surface area (Å²) in [6, 6.07) is 15.6. The number of benzene rings is 2. The molecule has 0 aliphatic carbocycles. The van der Waals surface area contributed by atoms with E-state index >= 15 is 0 Å². The summed E-state index contributed by atoms with van der Waals surface area (Å²) in [4.78, 5) is 0. The summed E-state index contributed by atoms with van der Waals surface area (Å²) < 4.78 is 0. The molecule has 3 heteroatoms. The number of rotatable bonds is 4. The Morgan fingerprint density at radius 1 is 1.17 bits per heavy atom. The third-order valence-electron chi connectivity index (χ3n) is 2.86. The van der Waals surface area contributed by atoms with Crippen molar-refractivity contribution in [1.82, 2.24) is 0 Å². The van der Waals surface area contributed by atoms with Crippen molar-refractivity contribution in [2.24, 2.45) is 0 Å². The van der Waals surface area contributed by atoms with Crippen LogP contribution >= 0.6 is 11.6 Å². The van der Waals surface area contributed by atoms with Crippen molar-refractivity contribution < 1.29 is 5.11 Å². The first-order valence-corrected chi connectivity index (χ1v) is 6.29.